The maximum Gasteiger partial charge on any atom is 0.329 e. The molecule has 11 nitrogen and oxygen atoms in total. The first kappa shape index (κ1) is 38.6. The van der Waals surface area contributed by atoms with E-state index in [9.17, 15) is 24.0 Å². The van der Waals surface area contributed by atoms with E-state index in [-0.39, 0.29) is 25.7 Å². The molecule has 1 rings (SSSR count). The molecular weight excluding hydrogens is 582 g/mol. The largest absolute Gasteiger partial charge is 0.466 e. The molecule has 0 bridgehead atoms. The fourth-order valence-electron chi connectivity index (χ4n) is 3.74. The van der Waals surface area contributed by atoms with E-state index in [1.807, 2.05) is 19.0 Å². The van der Waals surface area contributed by atoms with Crippen LogP contribution in [0.15, 0.2) is 24.3 Å². The van der Waals surface area contributed by atoms with Crippen LogP contribution in [-0.4, -0.2) is 81.8 Å². The summed E-state index contributed by atoms with van der Waals surface area (Å²) in [6, 6.07) is 5.45. The molecule has 2 amide bonds. The number of amides is 2. The van der Waals surface area contributed by atoms with E-state index in [0.717, 1.165) is 11.7 Å². The second-order valence-corrected chi connectivity index (χ2v) is 19.9. The van der Waals surface area contributed by atoms with Gasteiger partial charge in [-0.1, -0.05) is 19.6 Å². The van der Waals surface area contributed by atoms with E-state index < -0.39 is 61.1 Å². The lowest BCUT2D eigenvalue weighted by Crippen LogP contribution is -2.47. The normalized spacial score (nSPS) is 13.2. The van der Waals surface area contributed by atoms with Gasteiger partial charge in [-0.2, -0.15) is 0 Å². The summed E-state index contributed by atoms with van der Waals surface area (Å²) in [4.78, 5) is 66.1. The Morgan fingerprint density at radius 1 is 0.773 bits per heavy atom. The Morgan fingerprint density at radius 3 is 1.70 bits per heavy atom. The Bertz CT molecular complexity index is 1130. The number of hydrogen-bond acceptors (Lipinski definition) is 9. The zero-order chi connectivity index (χ0) is 33.9. The van der Waals surface area contributed by atoms with Crippen molar-refractivity contribution in [2.24, 2.45) is 0 Å². The highest BCUT2D eigenvalue weighted by atomic mass is 28.3. The van der Waals surface area contributed by atoms with E-state index >= 15 is 0 Å². The fourth-order valence-corrected chi connectivity index (χ4v) is 4.46. The van der Waals surface area contributed by atoms with Crippen LogP contribution >= 0.6 is 0 Å². The number of rotatable bonds is 15. The summed E-state index contributed by atoms with van der Waals surface area (Å²) < 4.78 is 16.3. The monoisotopic (exact) mass is 635 g/mol. The number of carbonyl (C=O) groups excluding carboxylic acids is 5. The van der Waals surface area contributed by atoms with Crippen LogP contribution in [0, 0.1) is 0 Å². The van der Waals surface area contributed by atoms with Crippen LogP contribution in [0.25, 0.3) is 0 Å². The zero-order valence-corrected chi connectivity index (χ0v) is 29.4. The van der Waals surface area contributed by atoms with Crippen LogP contribution in [0.3, 0.4) is 0 Å². The molecule has 12 heteroatoms. The number of nitrogens with zero attached hydrogens (tertiary/aromatic N) is 1. The number of hydrogen-bond donors (Lipinski definition) is 2. The van der Waals surface area contributed by atoms with Crippen molar-refractivity contribution >= 4 is 43.5 Å². The molecule has 0 heterocycles. The lowest BCUT2D eigenvalue weighted by Gasteiger charge is -2.26. The summed E-state index contributed by atoms with van der Waals surface area (Å²) >= 11 is 0. The number of ether oxygens (including phenoxy) is 3. The van der Waals surface area contributed by atoms with E-state index in [2.05, 4.69) is 30.3 Å². The number of benzene rings is 1. The van der Waals surface area contributed by atoms with E-state index in [0.29, 0.717) is 12.2 Å². The lowest BCUT2D eigenvalue weighted by atomic mass is 10.1. The second-order valence-electron chi connectivity index (χ2n) is 14.3. The summed E-state index contributed by atoms with van der Waals surface area (Å²) in [5.41, 5.74) is -0.382. The molecule has 0 aliphatic carbocycles. The Kier molecular flexibility index (Phi) is 14.6. The summed E-state index contributed by atoms with van der Waals surface area (Å²) in [6.45, 7) is 17.1. The molecule has 2 N–H and O–H groups in total. The van der Waals surface area contributed by atoms with Crippen molar-refractivity contribution in [2.75, 3.05) is 25.6 Å². The molecule has 44 heavy (non-hydrogen) atoms. The van der Waals surface area contributed by atoms with Crippen LogP contribution in [0.4, 0.5) is 5.69 Å². The smallest absolute Gasteiger partial charge is 0.329 e. The number of carbonyl (C=O) groups is 5. The van der Waals surface area contributed by atoms with E-state index in [4.69, 9.17) is 14.2 Å². The third-order valence-electron chi connectivity index (χ3n) is 6.08. The Labute approximate surface area is 263 Å². The standard InChI is InChI=1S/C32H53N3O8Si/c1-31(2,3)42-29(39)24(17-19-27(37)41-20-21-44(9,10)11)33-26(36)18-16-25(30(40)43-32(4,5)6)34-28(38)22-12-14-23(15-13-22)35(7)8/h12-15,24-25H,16-21H2,1-11H3,(H,33,36)(H,34,38)/t24-,25-/m0/s1. The zero-order valence-electron chi connectivity index (χ0n) is 28.4. The van der Waals surface area contributed by atoms with Crippen molar-refractivity contribution in [3.05, 3.63) is 29.8 Å². The second kappa shape index (κ2) is 16.6. The highest BCUT2D eigenvalue weighted by Crippen LogP contribution is 2.16. The van der Waals surface area contributed by atoms with Gasteiger partial charge in [0, 0.05) is 46.3 Å². The molecule has 0 unspecified atom stereocenters. The van der Waals surface area contributed by atoms with Crippen molar-refractivity contribution in [3.63, 3.8) is 0 Å². The molecule has 0 aliphatic heterocycles. The van der Waals surface area contributed by atoms with Crippen molar-refractivity contribution in [1.82, 2.24) is 10.6 Å². The minimum absolute atomic E-state index is 0.0123. The summed E-state index contributed by atoms with van der Waals surface area (Å²) in [6.07, 6.45) is -0.382. The predicted molar refractivity (Wildman–Crippen MR) is 173 cm³/mol. The predicted octanol–water partition coefficient (Wildman–Crippen LogP) is 4.46. The minimum Gasteiger partial charge on any atom is -0.466 e. The highest BCUT2D eigenvalue weighted by molar-refractivity contribution is 6.76. The maximum absolute atomic E-state index is 13.0. The highest BCUT2D eigenvalue weighted by Gasteiger charge is 2.30. The first-order valence-electron chi connectivity index (χ1n) is 15.1. The van der Waals surface area contributed by atoms with Crippen molar-refractivity contribution in [1.29, 1.82) is 0 Å². The first-order chi connectivity index (χ1) is 20.1. The van der Waals surface area contributed by atoms with Crippen LogP contribution < -0.4 is 15.5 Å². The maximum atomic E-state index is 13.0. The molecule has 0 radical (unpaired) electrons. The average Bonchev–Trinajstić information content (AvgIpc) is 2.85. The van der Waals surface area contributed by atoms with Gasteiger partial charge in [-0.15, -0.1) is 0 Å². The third kappa shape index (κ3) is 16.4. The van der Waals surface area contributed by atoms with Gasteiger partial charge in [-0.05, 0) is 84.7 Å². The van der Waals surface area contributed by atoms with Crippen molar-refractivity contribution in [3.8, 4) is 0 Å². The van der Waals surface area contributed by atoms with E-state index in [1.165, 1.54) is 0 Å². The van der Waals surface area contributed by atoms with Gasteiger partial charge in [-0.3, -0.25) is 14.4 Å². The van der Waals surface area contributed by atoms with Gasteiger partial charge in [0.25, 0.3) is 5.91 Å². The van der Waals surface area contributed by atoms with Crippen molar-refractivity contribution < 1.29 is 38.2 Å². The lowest BCUT2D eigenvalue weighted by molar-refractivity contribution is -0.160. The molecule has 248 valence electrons. The SMILES string of the molecule is CN(C)c1ccc(C(=O)N[C@@H](CCC(=O)N[C@@H](CCC(=O)OCC[Si](C)(C)C)C(=O)OC(C)(C)C)C(=O)OC(C)(C)C)cc1. The number of anilines is 1. The van der Waals surface area contributed by atoms with Gasteiger partial charge in [0.15, 0.2) is 0 Å². The molecule has 2 atom stereocenters. The number of nitrogens with one attached hydrogen (secondary N) is 2. The van der Waals surface area contributed by atoms with Gasteiger partial charge in [0.05, 0.1) is 6.61 Å². The molecule has 1 aromatic carbocycles. The van der Waals surface area contributed by atoms with Gasteiger partial charge < -0.3 is 29.7 Å². The quantitative estimate of drug-likeness (QED) is 0.162. The fraction of sp³-hybridized carbons (Fsp3) is 0.656. The van der Waals surface area contributed by atoms with Crippen molar-refractivity contribution in [2.45, 2.75) is 116 Å². The van der Waals surface area contributed by atoms with Gasteiger partial charge >= 0.3 is 17.9 Å². The molecular formula is C32H53N3O8Si. The topological polar surface area (TPSA) is 140 Å². The first-order valence-corrected chi connectivity index (χ1v) is 18.8. The van der Waals surface area contributed by atoms with Crippen LogP contribution in [-0.2, 0) is 33.4 Å². The third-order valence-corrected chi connectivity index (χ3v) is 7.79. The molecule has 1 aromatic rings. The summed E-state index contributed by atoms with van der Waals surface area (Å²) in [5.74, 6) is -2.87. The molecule has 0 saturated heterocycles. The minimum atomic E-state index is -1.38. The summed E-state index contributed by atoms with van der Waals surface area (Å²) in [5, 5.41) is 5.32. The molecule has 0 saturated carbocycles. The molecule has 0 aliphatic rings. The Morgan fingerprint density at radius 2 is 1.25 bits per heavy atom. The average molecular weight is 636 g/mol. The Balaban J connectivity index is 2.96. The van der Waals surface area contributed by atoms with Gasteiger partial charge in [0.1, 0.15) is 23.3 Å². The van der Waals surface area contributed by atoms with Gasteiger partial charge in [-0.25, -0.2) is 9.59 Å². The summed E-state index contributed by atoms with van der Waals surface area (Å²) in [7, 11) is 2.38. The van der Waals surface area contributed by atoms with Crippen LogP contribution in [0.2, 0.25) is 25.7 Å². The van der Waals surface area contributed by atoms with E-state index in [1.54, 1.807) is 65.8 Å². The molecule has 0 spiro atoms. The molecule has 0 fully saturated rings. The Hall–Kier alpha value is -3.41. The number of esters is 3. The van der Waals surface area contributed by atoms with Gasteiger partial charge in [0.2, 0.25) is 5.91 Å². The van der Waals surface area contributed by atoms with Crippen LogP contribution in [0.1, 0.15) is 77.6 Å². The van der Waals surface area contributed by atoms with Crippen LogP contribution in [0.5, 0.6) is 0 Å². The molecule has 0 aromatic heterocycles.